The van der Waals surface area contributed by atoms with E-state index in [1.807, 2.05) is 0 Å². The molecule has 0 heterocycles. The first-order valence-electron chi connectivity index (χ1n) is 6.63. The second kappa shape index (κ2) is 6.49. The van der Waals surface area contributed by atoms with E-state index in [2.05, 4.69) is 25.7 Å². The molecule has 2 heteroatoms. The molecule has 3 unspecified atom stereocenters. The zero-order chi connectivity index (χ0) is 11.3. The number of hydrogen-bond acceptors (Lipinski definition) is 2. The summed E-state index contributed by atoms with van der Waals surface area (Å²) < 4.78 is 0. The number of hydrogen-bond donors (Lipinski definition) is 1. The van der Waals surface area contributed by atoms with E-state index in [4.69, 9.17) is 5.73 Å². The lowest BCUT2D eigenvalue weighted by Gasteiger charge is -2.26. The normalized spacial score (nSPS) is 28.6. The Labute approximate surface area is 95.2 Å². The summed E-state index contributed by atoms with van der Waals surface area (Å²) in [5.74, 6) is 1.70. The number of nitrogens with two attached hydrogens (primary N) is 1. The molecule has 1 aliphatic carbocycles. The Hall–Kier alpha value is -0.0800. The summed E-state index contributed by atoms with van der Waals surface area (Å²) in [6.07, 6.45) is 5.13. The summed E-state index contributed by atoms with van der Waals surface area (Å²) >= 11 is 0. The fourth-order valence-electron chi connectivity index (χ4n) is 2.55. The first-order valence-corrected chi connectivity index (χ1v) is 6.63. The third-order valence-corrected chi connectivity index (χ3v) is 3.81. The van der Waals surface area contributed by atoms with Crippen LogP contribution >= 0.6 is 0 Å². The molecule has 0 amide bonds. The molecule has 15 heavy (non-hydrogen) atoms. The monoisotopic (exact) mass is 212 g/mol. The predicted octanol–water partition coefficient (Wildman–Crippen LogP) is 2.48. The Kier molecular flexibility index (Phi) is 5.62. The highest BCUT2D eigenvalue weighted by Crippen LogP contribution is 2.25. The molecule has 0 aromatic carbocycles. The molecule has 0 aliphatic heterocycles. The lowest BCUT2D eigenvalue weighted by molar-refractivity contribution is 0.210. The van der Waals surface area contributed by atoms with Gasteiger partial charge in [0.15, 0.2) is 0 Å². The highest BCUT2D eigenvalue weighted by molar-refractivity contribution is 4.80. The maximum absolute atomic E-state index is 5.95. The van der Waals surface area contributed by atoms with Crippen molar-refractivity contribution in [3.05, 3.63) is 0 Å². The Bertz CT molecular complexity index is 170. The van der Waals surface area contributed by atoms with E-state index in [-0.39, 0.29) is 0 Å². The summed E-state index contributed by atoms with van der Waals surface area (Å²) in [6.45, 7) is 10.6. The van der Waals surface area contributed by atoms with Crippen molar-refractivity contribution in [2.45, 2.75) is 52.5 Å². The van der Waals surface area contributed by atoms with E-state index in [1.54, 1.807) is 0 Å². The van der Waals surface area contributed by atoms with Crippen molar-refractivity contribution < 1.29 is 0 Å². The molecule has 2 nitrogen and oxygen atoms in total. The second-order valence-electron chi connectivity index (χ2n) is 5.30. The summed E-state index contributed by atoms with van der Waals surface area (Å²) in [6, 6.07) is 0.484. The largest absolute Gasteiger partial charge is 0.328 e. The lowest BCUT2D eigenvalue weighted by atomic mass is 10.0. The van der Waals surface area contributed by atoms with Crippen molar-refractivity contribution in [2.24, 2.45) is 17.6 Å². The van der Waals surface area contributed by atoms with E-state index in [1.165, 1.54) is 45.3 Å². The van der Waals surface area contributed by atoms with Gasteiger partial charge in [-0.15, -0.1) is 0 Å². The van der Waals surface area contributed by atoms with Crippen LogP contribution in [0.3, 0.4) is 0 Å². The van der Waals surface area contributed by atoms with Crippen LogP contribution in [-0.4, -0.2) is 30.6 Å². The highest BCUT2D eigenvalue weighted by atomic mass is 15.1. The molecule has 3 atom stereocenters. The van der Waals surface area contributed by atoms with Gasteiger partial charge in [0.05, 0.1) is 0 Å². The Morgan fingerprint density at radius 3 is 2.53 bits per heavy atom. The Morgan fingerprint density at radius 1 is 1.33 bits per heavy atom. The molecule has 0 aromatic rings. The van der Waals surface area contributed by atoms with Crippen LogP contribution in [0.1, 0.15) is 46.5 Å². The lowest BCUT2D eigenvalue weighted by Crippen LogP contribution is -2.33. The molecule has 1 rings (SSSR count). The van der Waals surface area contributed by atoms with Gasteiger partial charge in [-0.05, 0) is 37.6 Å². The first kappa shape index (κ1) is 13.0. The summed E-state index contributed by atoms with van der Waals surface area (Å²) in [4.78, 5) is 2.61. The fourth-order valence-corrected chi connectivity index (χ4v) is 2.55. The first-order chi connectivity index (χ1) is 7.15. The van der Waals surface area contributed by atoms with Crippen molar-refractivity contribution in [3.63, 3.8) is 0 Å². The van der Waals surface area contributed by atoms with E-state index in [0.29, 0.717) is 6.04 Å². The maximum Gasteiger partial charge on any atom is 0.00420 e. The smallest absolute Gasteiger partial charge is 0.00420 e. The van der Waals surface area contributed by atoms with Crippen LogP contribution < -0.4 is 5.73 Å². The minimum atomic E-state index is 0.484. The molecule has 0 saturated heterocycles. The fraction of sp³-hybridized carbons (Fsp3) is 1.00. The van der Waals surface area contributed by atoms with Gasteiger partial charge in [0.25, 0.3) is 0 Å². The minimum Gasteiger partial charge on any atom is -0.328 e. The molecule has 0 spiro atoms. The van der Waals surface area contributed by atoms with Crippen LogP contribution in [0.15, 0.2) is 0 Å². The van der Waals surface area contributed by atoms with Gasteiger partial charge in [0, 0.05) is 19.1 Å². The van der Waals surface area contributed by atoms with Crippen molar-refractivity contribution in [3.8, 4) is 0 Å². The molecule has 1 saturated carbocycles. The molecule has 1 fully saturated rings. The van der Waals surface area contributed by atoms with E-state index < -0.39 is 0 Å². The van der Waals surface area contributed by atoms with Crippen molar-refractivity contribution in [1.29, 1.82) is 0 Å². The Balaban J connectivity index is 2.27. The number of rotatable bonds is 6. The summed E-state index contributed by atoms with van der Waals surface area (Å²) in [5, 5.41) is 0. The molecule has 0 bridgehead atoms. The highest BCUT2D eigenvalue weighted by Gasteiger charge is 2.23. The van der Waals surface area contributed by atoms with Crippen LogP contribution in [0.5, 0.6) is 0 Å². The topological polar surface area (TPSA) is 29.3 Å². The van der Waals surface area contributed by atoms with Crippen molar-refractivity contribution in [1.82, 2.24) is 4.90 Å². The molecular weight excluding hydrogens is 184 g/mol. The molecular formula is C13H28N2. The van der Waals surface area contributed by atoms with Gasteiger partial charge in [0.2, 0.25) is 0 Å². The Morgan fingerprint density at radius 2 is 2.07 bits per heavy atom. The molecule has 2 N–H and O–H groups in total. The van der Waals surface area contributed by atoms with Gasteiger partial charge in [-0.1, -0.05) is 27.2 Å². The SMILES string of the molecule is CCC(C)CN(CC)CC1CCC(N)C1. The average Bonchev–Trinajstić information content (AvgIpc) is 2.62. The van der Waals surface area contributed by atoms with Gasteiger partial charge in [-0.3, -0.25) is 0 Å². The molecule has 90 valence electrons. The zero-order valence-electron chi connectivity index (χ0n) is 10.7. The van der Waals surface area contributed by atoms with Crippen LogP contribution in [0.4, 0.5) is 0 Å². The van der Waals surface area contributed by atoms with E-state index >= 15 is 0 Å². The van der Waals surface area contributed by atoms with Crippen LogP contribution in [0, 0.1) is 11.8 Å². The van der Waals surface area contributed by atoms with E-state index in [9.17, 15) is 0 Å². The zero-order valence-corrected chi connectivity index (χ0v) is 10.7. The minimum absolute atomic E-state index is 0.484. The van der Waals surface area contributed by atoms with Crippen LogP contribution in [0.25, 0.3) is 0 Å². The third-order valence-electron chi connectivity index (χ3n) is 3.81. The van der Waals surface area contributed by atoms with Gasteiger partial charge in [0.1, 0.15) is 0 Å². The average molecular weight is 212 g/mol. The molecule has 1 aliphatic rings. The standard InChI is InChI=1S/C13H28N2/c1-4-11(3)9-15(5-2)10-12-6-7-13(14)8-12/h11-13H,4-10,14H2,1-3H3. The van der Waals surface area contributed by atoms with Gasteiger partial charge < -0.3 is 10.6 Å². The summed E-state index contributed by atoms with van der Waals surface area (Å²) in [7, 11) is 0. The quantitative estimate of drug-likeness (QED) is 0.733. The van der Waals surface area contributed by atoms with Gasteiger partial charge in [-0.25, -0.2) is 0 Å². The molecule has 0 radical (unpaired) electrons. The van der Waals surface area contributed by atoms with Crippen molar-refractivity contribution in [2.75, 3.05) is 19.6 Å². The third kappa shape index (κ3) is 4.52. The second-order valence-corrected chi connectivity index (χ2v) is 5.30. The van der Waals surface area contributed by atoms with Crippen molar-refractivity contribution >= 4 is 0 Å². The van der Waals surface area contributed by atoms with Crippen LogP contribution in [-0.2, 0) is 0 Å². The van der Waals surface area contributed by atoms with Gasteiger partial charge >= 0.3 is 0 Å². The van der Waals surface area contributed by atoms with Gasteiger partial charge in [-0.2, -0.15) is 0 Å². The van der Waals surface area contributed by atoms with Crippen LogP contribution in [0.2, 0.25) is 0 Å². The predicted molar refractivity (Wildman–Crippen MR) is 66.9 cm³/mol. The summed E-state index contributed by atoms with van der Waals surface area (Å²) in [5.41, 5.74) is 5.95. The van der Waals surface area contributed by atoms with E-state index in [0.717, 1.165) is 11.8 Å². The number of nitrogens with zero attached hydrogens (tertiary/aromatic N) is 1. The molecule has 0 aromatic heterocycles. The maximum atomic E-state index is 5.95.